The summed E-state index contributed by atoms with van der Waals surface area (Å²) in [6, 6.07) is 8.38. The Morgan fingerprint density at radius 2 is 1.72 bits per heavy atom. The zero-order valence-electron chi connectivity index (χ0n) is 17.3. The fraction of sp³-hybridized carbons (Fsp3) is 0.409. The second-order valence-corrected chi connectivity index (χ2v) is 7.45. The van der Waals surface area contributed by atoms with E-state index in [4.69, 9.17) is 14.2 Å². The largest absolute Gasteiger partial charge is 0.508 e. The number of aliphatic hydroxyl groups is 3. The molecule has 0 aliphatic carbocycles. The van der Waals surface area contributed by atoms with Crippen molar-refractivity contribution in [2.75, 3.05) is 13.7 Å². The third-order valence-electron chi connectivity index (χ3n) is 5.26. The summed E-state index contributed by atoms with van der Waals surface area (Å²) in [5.41, 5.74) is 0.559. The quantitative estimate of drug-likeness (QED) is 0.311. The molecule has 1 aliphatic heterocycles. The lowest BCUT2D eigenvalue weighted by atomic mass is 9.98. The molecule has 0 aromatic heterocycles. The summed E-state index contributed by atoms with van der Waals surface area (Å²) in [6.45, 7) is -0.586. The second kappa shape index (κ2) is 10.2. The molecule has 2 aromatic carbocycles. The maximum absolute atomic E-state index is 12.9. The minimum Gasteiger partial charge on any atom is -0.508 e. The van der Waals surface area contributed by atoms with Gasteiger partial charge in [0.25, 0.3) is 0 Å². The van der Waals surface area contributed by atoms with Crippen molar-refractivity contribution in [3.05, 3.63) is 47.5 Å². The van der Waals surface area contributed by atoms with Crippen LogP contribution in [0.15, 0.2) is 36.4 Å². The number of aliphatic hydroxyl groups excluding tert-OH is 3. The van der Waals surface area contributed by atoms with E-state index in [1.165, 1.54) is 19.2 Å². The van der Waals surface area contributed by atoms with Crippen LogP contribution in [0.5, 0.6) is 23.0 Å². The minimum absolute atomic E-state index is 0.0216. The molecule has 10 heteroatoms. The highest BCUT2D eigenvalue weighted by Crippen LogP contribution is 2.36. The monoisotopic (exact) mass is 450 g/mol. The van der Waals surface area contributed by atoms with Gasteiger partial charge in [0, 0.05) is 25.7 Å². The van der Waals surface area contributed by atoms with Crippen molar-refractivity contribution < 1.29 is 49.6 Å². The molecule has 0 radical (unpaired) electrons. The number of aryl methyl sites for hydroxylation is 1. The first-order chi connectivity index (χ1) is 15.2. The normalized spacial score (nSPS) is 25.4. The number of benzene rings is 2. The van der Waals surface area contributed by atoms with Gasteiger partial charge < -0.3 is 44.8 Å². The van der Waals surface area contributed by atoms with Crippen LogP contribution in [-0.2, 0) is 15.9 Å². The van der Waals surface area contributed by atoms with Gasteiger partial charge in [-0.2, -0.15) is 0 Å². The number of ketones is 1. The van der Waals surface area contributed by atoms with E-state index in [9.17, 15) is 35.4 Å². The lowest BCUT2D eigenvalue weighted by Gasteiger charge is -2.41. The number of aromatic hydroxyl groups is 3. The van der Waals surface area contributed by atoms with Gasteiger partial charge >= 0.3 is 0 Å². The maximum atomic E-state index is 12.9. The first kappa shape index (κ1) is 23.8. The Morgan fingerprint density at radius 1 is 1.03 bits per heavy atom. The molecule has 1 aliphatic rings. The van der Waals surface area contributed by atoms with Gasteiger partial charge in [0.1, 0.15) is 53.0 Å². The van der Waals surface area contributed by atoms with E-state index in [-0.39, 0.29) is 29.2 Å². The lowest BCUT2D eigenvalue weighted by molar-refractivity contribution is -0.282. The topological polar surface area (TPSA) is 166 Å². The van der Waals surface area contributed by atoms with Crippen LogP contribution in [-0.4, -0.2) is 80.8 Å². The van der Waals surface area contributed by atoms with Crippen molar-refractivity contribution in [1.82, 2.24) is 0 Å². The zero-order chi connectivity index (χ0) is 23.4. The van der Waals surface area contributed by atoms with Crippen LogP contribution in [0, 0.1) is 0 Å². The van der Waals surface area contributed by atoms with E-state index in [1.54, 1.807) is 12.1 Å². The smallest absolute Gasteiger partial charge is 0.229 e. The number of Topliss-reactive ketones (excluding diaryl/α,β-unsaturated/α-hetero) is 1. The highest BCUT2D eigenvalue weighted by molar-refractivity contribution is 6.01. The van der Waals surface area contributed by atoms with Crippen molar-refractivity contribution in [3.8, 4) is 23.0 Å². The van der Waals surface area contributed by atoms with Gasteiger partial charge in [0.15, 0.2) is 5.78 Å². The van der Waals surface area contributed by atoms with Crippen molar-refractivity contribution in [2.24, 2.45) is 0 Å². The second-order valence-electron chi connectivity index (χ2n) is 7.45. The number of hydrogen-bond acceptors (Lipinski definition) is 10. The van der Waals surface area contributed by atoms with E-state index in [0.717, 1.165) is 17.7 Å². The van der Waals surface area contributed by atoms with Gasteiger partial charge in [0.05, 0.1) is 6.61 Å². The number of methoxy groups -OCH3 is 1. The van der Waals surface area contributed by atoms with Crippen molar-refractivity contribution in [1.29, 1.82) is 0 Å². The van der Waals surface area contributed by atoms with Crippen LogP contribution >= 0.6 is 0 Å². The molecule has 174 valence electrons. The van der Waals surface area contributed by atoms with Crippen molar-refractivity contribution >= 4 is 5.78 Å². The fourth-order valence-electron chi connectivity index (χ4n) is 3.56. The number of phenols is 3. The summed E-state index contributed by atoms with van der Waals surface area (Å²) in [5, 5.41) is 59.6. The molecule has 6 N–H and O–H groups in total. The van der Waals surface area contributed by atoms with Crippen LogP contribution in [0.4, 0.5) is 0 Å². The van der Waals surface area contributed by atoms with Gasteiger partial charge in [-0.15, -0.1) is 0 Å². The van der Waals surface area contributed by atoms with Gasteiger partial charge in [-0.05, 0) is 24.1 Å². The van der Waals surface area contributed by atoms with Gasteiger partial charge in [-0.1, -0.05) is 12.1 Å². The predicted molar refractivity (Wildman–Crippen MR) is 110 cm³/mol. The fourth-order valence-corrected chi connectivity index (χ4v) is 3.56. The average molecular weight is 450 g/mol. The molecule has 1 saturated heterocycles. The first-order valence-electron chi connectivity index (χ1n) is 9.94. The molecular weight excluding hydrogens is 424 g/mol. The van der Waals surface area contributed by atoms with Gasteiger partial charge in [-0.25, -0.2) is 0 Å². The van der Waals surface area contributed by atoms with Crippen LogP contribution in [0.2, 0.25) is 0 Å². The summed E-state index contributed by atoms with van der Waals surface area (Å²) in [7, 11) is 1.26. The van der Waals surface area contributed by atoms with Crippen molar-refractivity contribution in [2.45, 2.75) is 43.5 Å². The Labute approximate surface area is 183 Å². The molecule has 1 heterocycles. The summed E-state index contributed by atoms with van der Waals surface area (Å²) < 4.78 is 16.1. The van der Waals surface area contributed by atoms with Gasteiger partial charge in [-0.3, -0.25) is 4.79 Å². The molecule has 32 heavy (non-hydrogen) atoms. The lowest BCUT2D eigenvalue weighted by Crippen LogP contribution is -2.60. The standard InChI is InChI=1S/C22H26O10/c1-30-21-19(28)17(10-23)32-22(20(21)29)31-16-9-13(25)8-15(27)18(16)14(26)7-4-11-2-5-12(24)6-3-11/h2-3,5-6,8-9,17,19-25,27-29H,4,7,10H2,1H3/t17-,19+,20-,21-,22+/m0/s1. The number of carbonyl (C=O) groups is 1. The SMILES string of the molecule is CO[C@@H]1[C@H](O)[C@H](Oc2cc(O)cc(O)c2C(=O)CCc2ccc(O)cc2)O[C@@H](CO)[C@H]1O. The Hall–Kier alpha value is -2.89. The van der Waals surface area contributed by atoms with Crippen LogP contribution in [0.3, 0.4) is 0 Å². The Bertz CT molecular complexity index is 929. The number of carbonyl (C=O) groups excluding carboxylic acids is 1. The molecule has 0 amide bonds. The summed E-state index contributed by atoms with van der Waals surface area (Å²) >= 11 is 0. The zero-order valence-corrected chi connectivity index (χ0v) is 17.3. The minimum atomic E-state index is -1.50. The van der Waals surface area contributed by atoms with Crippen LogP contribution in [0.1, 0.15) is 22.3 Å². The highest BCUT2D eigenvalue weighted by Gasteiger charge is 2.46. The first-order valence-corrected chi connectivity index (χ1v) is 9.94. The predicted octanol–water partition coefficient (Wildman–Crippen LogP) is 0.452. The van der Waals surface area contributed by atoms with E-state index < -0.39 is 48.8 Å². The van der Waals surface area contributed by atoms with E-state index in [2.05, 4.69) is 0 Å². The molecule has 5 atom stereocenters. The molecule has 0 unspecified atom stereocenters. The molecule has 0 spiro atoms. The number of ether oxygens (including phenoxy) is 3. The average Bonchev–Trinajstić information content (AvgIpc) is 2.75. The molecule has 2 aromatic rings. The molecule has 1 fully saturated rings. The summed E-state index contributed by atoms with van der Waals surface area (Å²) in [4.78, 5) is 12.9. The van der Waals surface area contributed by atoms with Crippen molar-refractivity contribution in [3.63, 3.8) is 0 Å². The third-order valence-corrected chi connectivity index (χ3v) is 5.26. The van der Waals surface area contributed by atoms with E-state index in [1.807, 2.05) is 0 Å². The third kappa shape index (κ3) is 5.12. The molecule has 0 bridgehead atoms. The number of rotatable bonds is 8. The number of hydrogen-bond donors (Lipinski definition) is 6. The van der Waals surface area contributed by atoms with Crippen LogP contribution in [0.25, 0.3) is 0 Å². The van der Waals surface area contributed by atoms with E-state index in [0.29, 0.717) is 6.42 Å². The molecule has 0 saturated carbocycles. The highest BCUT2D eigenvalue weighted by atomic mass is 16.7. The Kier molecular flexibility index (Phi) is 7.54. The number of phenolic OH excluding ortho intramolecular Hbond substituents is 3. The molecule has 10 nitrogen and oxygen atoms in total. The molecule has 3 rings (SSSR count). The summed E-state index contributed by atoms with van der Waals surface area (Å²) in [6.07, 6.45) is -6.28. The van der Waals surface area contributed by atoms with Gasteiger partial charge in [0.2, 0.25) is 6.29 Å². The molecular formula is C22H26O10. The summed E-state index contributed by atoms with van der Waals surface area (Å²) in [5.74, 6) is -1.57. The Morgan fingerprint density at radius 3 is 2.34 bits per heavy atom. The van der Waals surface area contributed by atoms with E-state index >= 15 is 0 Å². The Balaban J connectivity index is 1.83. The van der Waals surface area contributed by atoms with Crippen LogP contribution < -0.4 is 4.74 Å². The maximum Gasteiger partial charge on any atom is 0.229 e.